The van der Waals surface area contributed by atoms with Crippen LogP contribution in [0.1, 0.15) is 35.8 Å². The first-order valence-electron chi connectivity index (χ1n) is 10.7. The molecule has 0 bridgehead atoms. The van der Waals surface area contributed by atoms with Crippen LogP contribution in [0.25, 0.3) is 22.0 Å². The second-order valence-corrected chi connectivity index (χ2v) is 8.07. The Labute approximate surface area is 180 Å². The normalized spacial score (nSPS) is 16.6. The number of aromatic amines is 1. The quantitative estimate of drug-likeness (QED) is 0.480. The number of aliphatic imine (C=N–C) groups is 1. The van der Waals surface area contributed by atoms with Crippen molar-refractivity contribution < 1.29 is 0 Å². The third-order valence-electron chi connectivity index (χ3n) is 6.18. The predicted molar refractivity (Wildman–Crippen MR) is 123 cm³/mol. The van der Waals surface area contributed by atoms with E-state index in [4.69, 9.17) is 9.98 Å². The van der Waals surface area contributed by atoms with E-state index in [9.17, 15) is 0 Å². The minimum atomic E-state index is 0.499. The molecule has 0 aromatic carbocycles. The molecular weight excluding hydrogens is 386 g/mol. The van der Waals surface area contributed by atoms with Gasteiger partial charge in [0.2, 0.25) is 0 Å². The highest BCUT2D eigenvalue weighted by atomic mass is 15.1. The van der Waals surface area contributed by atoms with E-state index >= 15 is 0 Å². The predicted octanol–water partition coefficient (Wildman–Crippen LogP) is 3.71. The van der Waals surface area contributed by atoms with Crippen molar-refractivity contribution in [2.24, 2.45) is 4.99 Å². The molecule has 0 unspecified atom stereocenters. The topological polar surface area (TPSA) is 90.9 Å². The summed E-state index contributed by atoms with van der Waals surface area (Å²) in [5, 5.41) is 7.91. The third-order valence-corrected chi connectivity index (χ3v) is 6.18. The van der Waals surface area contributed by atoms with E-state index in [1.54, 1.807) is 6.20 Å². The van der Waals surface area contributed by atoms with Crippen LogP contribution in [-0.4, -0.2) is 45.4 Å². The van der Waals surface area contributed by atoms with E-state index < -0.39 is 0 Å². The van der Waals surface area contributed by atoms with E-state index in [1.165, 1.54) is 0 Å². The minimum Gasteiger partial charge on any atom is -0.364 e. The molecule has 0 amide bonds. The zero-order valence-electron chi connectivity index (χ0n) is 17.1. The molecule has 1 saturated heterocycles. The first-order chi connectivity index (χ1) is 15.4. The number of hydrogen-bond acceptors (Lipinski definition) is 6. The monoisotopic (exact) mass is 409 g/mol. The van der Waals surface area contributed by atoms with Crippen LogP contribution in [0.4, 0.5) is 5.69 Å². The van der Waals surface area contributed by atoms with Crippen molar-refractivity contribution in [3.8, 4) is 11.1 Å². The molecule has 31 heavy (non-hydrogen) atoms. The lowest BCUT2D eigenvalue weighted by molar-refractivity contribution is 0.453. The molecule has 4 aromatic heterocycles. The SMILES string of the molecule is c1cncc(-c2cncc3[nH]c(C4=NCNc5ccc(C6CCNCC6)nc54)cc23)c1. The summed E-state index contributed by atoms with van der Waals surface area (Å²) in [6.07, 6.45) is 9.65. The number of rotatable bonds is 3. The molecule has 7 heteroatoms. The fraction of sp³-hybridized carbons (Fsp3) is 0.250. The summed E-state index contributed by atoms with van der Waals surface area (Å²) in [4.78, 5) is 22.1. The van der Waals surface area contributed by atoms with Crippen LogP contribution in [0.15, 0.2) is 60.1 Å². The van der Waals surface area contributed by atoms with Gasteiger partial charge in [-0.3, -0.25) is 15.0 Å². The Balaban J connectivity index is 1.43. The standard InChI is InChI=1S/C24H23N7/c1-2-16(11-26-7-1)18-12-27-13-22-17(18)10-21(30-22)23-24-20(28-14-29-23)4-3-19(31-24)15-5-8-25-9-6-15/h1-4,7,10-13,15,25,28,30H,5-6,8-9,14H2. The number of piperidine rings is 1. The van der Waals surface area contributed by atoms with Gasteiger partial charge in [0.25, 0.3) is 0 Å². The summed E-state index contributed by atoms with van der Waals surface area (Å²) in [5.41, 5.74) is 8.06. The number of fused-ring (bicyclic) bond motifs is 2. The number of nitrogens with zero attached hydrogens (tertiary/aromatic N) is 4. The Morgan fingerprint density at radius 2 is 1.90 bits per heavy atom. The fourth-order valence-electron chi connectivity index (χ4n) is 4.56. The first-order valence-corrected chi connectivity index (χ1v) is 10.7. The summed E-state index contributed by atoms with van der Waals surface area (Å²) in [6, 6.07) is 10.5. The lowest BCUT2D eigenvalue weighted by Gasteiger charge is -2.24. The number of anilines is 1. The first kappa shape index (κ1) is 18.2. The molecule has 4 aromatic rings. The van der Waals surface area contributed by atoms with Crippen molar-refractivity contribution in [2.45, 2.75) is 18.8 Å². The van der Waals surface area contributed by atoms with Gasteiger partial charge >= 0.3 is 0 Å². The Morgan fingerprint density at radius 3 is 2.77 bits per heavy atom. The highest BCUT2D eigenvalue weighted by Gasteiger charge is 2.23. The molecule has 2 aliphatic rings. The molecule has 3 N–H and O–H groups in total. The van der Waals surface area contributed by atoms with Crippen LogP contribution in [0.3, 0.4) is 0 Å². The minimum absolute atomic E-state index is 0.499. The van der Waals surface area contributed by atoms with Crippen molar-refractivity contribution in [3.63, 3.8) is 0 Å². The van der Waals surface area contributed by atoms with Crippen molar-refractivity contribution in [3.05, 3.63) is 72.2 Å². The largest absolute Gasteiger partial charge is 0.364 e. The van der Waals surface area contributed by atoms with Crippen LogP contribution < -0.4 is 10.6 Å². The maximum Gasteiger partial charge on any atom is 0.114 e. The average molecular weight is 409 g/mol. The summed E-state index contributed by atoms with van der Waals surface area (Å²) in [6.45, 7) is 2.64. The van der Waals surface area contributed by atoms with Crippen molar-refractivity contribution in [1.82, 2.24) is 25.3 Å². The summed E-state index contributed by atoms with van der Waals surface area (Å²) < 4.78 is 0. The fourth-order valence-corrected chi connectivity index (χ4v) is 4.56. The van der Waals surface area contributed by atoms with Crippen LogP contribution in [0, 0.1) is 0 Å². The second kappa shape index (κ2) is 7.59. The maximum absolute atomic E-state index is 5.08. The molecular formula is C24H23N7. The highest BCUT2D eigenvalue weighted by molar-refractivity contribution is 6.16. The van der Waals surface area contributed by atoms with Gasteiger partial charge in [-0.15, -0.1) is 0 Å². The van der Waals surface area contributed by atoms with Crippen LogP contribution in [0.2, 0.25) is 0 Å². The van der Waals surface area contributed by atoms with Gasteiger partial charge in [0.05, 0.1) is 23.1 Å². The van der Waals surface area contributed by atoms with E-state index in [0.717, 1.165) is 76.4 Å². The molecule has 0 radical (unpaired) electrons. The number of aromatic nitrogens is 4. The summed E-state index contributed by atoms with van der Waals surface area (Å²) >= 11 is 0. The molecule has 0 spiro atoms. The van der Waals surface area contributed by atoms with E-state index in [-0.39, 0.29) is 0 Å². The van der Waals surface area contributed by atoms with Gasteiger partial charge in [-0.25, -0.2) is 4.98 Å². The van der Waals surface area contributed by atoms with E-state index in [2.05, 4.69) is 49.9 Å². The number of hydrogen-bond donors (Lipinski definition) is 3. The van der Waals surface area contributed by atoms with Crippen LogP contribution in [-0.2, 0) is 0 Å². The van der Waals surface area contributed by atoms with Crippen molar-refractivity contribution in [1.29, 1.82) is 0 Å². The summed E-state index contributed by atoms with van der Waals surface area (Å²) in [5.74, 6) is 0.499. The van der Waals surface area contributed by atoms with Crippen molar-refractivity contribution >= 4 is 22.3 Å². The van der Waals surface area contributed by atoms with Gasteiger partial charge in [0.15, 0.2) is 0 Å². The molecule has 0 saturated carbocycles. The number of nitrogens with one attached hydrogen (secondary N) is 3. The Morgan fingerprint density at radius 1 is 0.968 bits per heavy atom. The Bertz CT molecular complexity index is 1270. The molecule has 0 atom stereocenters. The van der Waals surface area contributed by atoms with Gasteiger partial charge in [0, 0.05) is 46.7 Å². The van der Waals surface area contributed by atoms with Gasteiger partial charge in [-0.2, -0.15) is 0 Å². The average Bonchev–Trinajstić information content (AvgIpc) is 3.29. The lowest BCUT2D eigenvalue weighted by atomic mass is 9.93. The molecule has 6 heterocycles. The van der Waals surface area contributed by atoms with Gasteiger partial charge in [0.1, 0.15) is 18.1 Å². The highest BCUT2D eigenvalue weighted by Crippen LogP contribution is 2.31. The molecule has 154 valence electrons. The lowest BCUT2D eigenvalue weighted by Crippen LogP contribution is -2.27. The molecule has 0 aliphatic carbocycles. The van der Waals surface area contributed by atoms with E-state index in [0.29, 0.717) is 12.6 Å². The second-order valence-electron chi connectivity index (χ2n) is 8.07. The van der Waals surface area contributed by atoms with Gasteiger partial charge in [-0.1, -0.05) is 6.07 Å². The van der Waals surface area contributed by atoms with Crippen molar-refractivity contribution in [2.75, 3.05) is 25.1 Å². The smallest absolute Gasteiger partial charge is 0.114 e. The zero-order valence-corrected chi connectivity index (χ0v) is 17.1. The Kier molecular flexibility index (Phi) is 4.46. The maximum atomic E-state index is 5.08. The molecule has 7 nitrogen and oxygen atoms in total. The number of H-pyrrole nitrogens is 1. The summed E-state index contributed by atoms with van der Waals surface area (Å²) in [7, 11) is 0. The van der Waals surface area contributed by atoms with Crippen LogP contribution in [0.5, 0.6) is 0 Å². The van der Waals surface area contributed by atoms with Gasteiger partial charge in [-0.05, 0) is 50.2 Å². The number of pyridine rings is 3. The molecule has 1 fully saturated rings. The van der Waals surface area contributed by atoms with Crippen LogP contribution >= 0.6 is 0 Å². The molecule has 2 aliphatic heterocycles. The zero-order chi connectivity index (χ0) is 20.6. The molecule has 6 rings (SSSR count). The third kappa shape index (κ3) is 3.27. The Hall–Kier alpha value is -3.58. The van der Waals surface area contributed by atoms with Gasteiger partial charge < -0.3 is 15.6 Å². The van der Waals surface area contributed by atoms with E-state index in [1.807, 2.05) is 24.7 Å².